The summed E-state index contributed by atoms with van der Waals surface area (Å²) in [6, 6.07) is 9.36. The van der Waals surface area contributed by atoms with Crippen molar-refractivity contribution in [3.05, 3.63) is 54.1 Å². The van der Waals surface area contributed by atoms with E-state index in [1.54, 1.807) is 6.08 Å². The Hall–Kier alpha value is -2.02. The van der Waals surface area contributed by atoms with Crippen molar-refractivity contribution in [2.45, 2.75) is 63.7 Å². The largest absolute Gasteiger partial charge is 0.457 e. The minimum absolute atomic E-state index is 0.0102. The molecule has 4 aliphatic carbocycles. The number of allylic oxidation sites excluding steroid dienone is 4. The number of carbonyl (C=O) groups is 1. The van der Waals surface area contributed by atoms with Crippen LogP contribution in [0.3, 0.4) is 0 Å². The van der Waals surface area contributed by atoms with Gasteiger partial charge in [0.15, 0.2) is 5.78 Å². The first-order valence-electron chi connectivity index (χ1n) is 12.4. The van der Waals surface area contributed by atoms with Gasteiger partial charge in [0.05, 0.1) is 6.10 Å². The molecule has 6 heteroatoms. The van der Waals surface area contributed by atoms with Gasteiger partial charge in [-0.1, -0.05) is 45.0 Å². The number of aliphatic hydroxyl groups is 2. The van der Waals surface area contributed by atoms with Crippen LogP contribution in [0.4, 0.5) is 4.39 Å². The zero-order valence-electron chi connectivity index (χ0n) is 19.9. The number of halogens is 1. The Morgan fingerprint density at radius 2 is 1.88 bits per heavy atom. The number of epoxide rings is 1. The SMILES string of the molecule is C[C@@H]1C[C@H]2[C@@H]3C[C@H](F)C4=CC(=O)C=C[C@]4(C)[C@H]3[C@@H](O)C[C@]2(C)[C@@]1(O)[C@]1(Oc2ccccc2)CO1. The number of fused-ring (bicyclic) bond motifs is 5. The predicted molar refractivity (Wildman–Crippen MR) is 124 cm³/mol. The van der Waals surface area contributed by atoms with E-state index in [1.165, 1.54) is 12.2 Å². The van der Waals surface area contributed by atoms with Gasteiger partial charge in [0.1, 0.15) is 24.1 Å². The first-order chi connectivity index (χ1) is 16.1. The predicted octanol–water partition coefficient (Wildman–Crippen LogP) is 4.00. The third kappa shape index (κ3) is 2.68. The van der Waals surface area contributed by atoms with Crippen molar-refractivity contribution >= 4 is 5.78 Å². The van der Waals surface area contributed by atoms with E-state index in [2.05, 4.69) is 0 Å². The van der Waals surface area contributed by atoms with Gasteiger partial charge in [-0.2, -0.15) is 0 Å². The van der Waals surface area contributed by atoms with Crippen LogP contribution in [0.2, 0.25) is 0 Å². The van der Waals surface area contributed by atoms with E-state index in [-0.39, 0.29) is 42.5 Å². The van der Waals surface area contributed by atoms with Gasteiger partial charge in [-0.05, 0) is 66.9 Å². The zero-order valence-corrected chi connectivity index (χ0v) is 19.9. The number of benzene rings is 1. The Balaban J connectivity index is 1.40. The van der Waals surface area contributed by atoms with Crippen molar-refractivity contribution in [3.63, 3.8) is 0 Å². The average Bonchev–Trinajstić information content (AvgIpc) is 3.54. The van der Waals surface area contributed by atoms with Crippen molar-refractivity contribution in [1.29, 1.82) is 0 Å². The third-order valence-corrected chi connectivity index (χ3v) is 10.1. The van der Waals surface area contributed by atoms with E-state index in [0.29, 0.717) is 24.2 Å². The molecular formula is C28H33FO5. The second-order valence-electron chi connectivity index (χ2n) is 11.7. The molecule has 3 saturated carbocycles. The lowest BCUT2D eigenvalue weighted by atomic mass is 9.45. The molecule has 6 rings (SSSR count). The molecule has 182 valence electrons. The molecule has 2 N–H and O–H groups in total. The number of para-hydroxylation sites is 1. The highest BCUT2D eigenvalue weighted by Gasteiger charge is 2.79. The molecule has 1 heterocycles. The summed E-state index contributed by atoms with van der Waals surface area (Å²) in [6.07, 6.45) is 4.05. The first-order valence-corrected chi connectivity index (χ1v) is 12.4. The Bertz CT molecular complexity index is 1080. The Kier molecular flexibility index (Phi) is 4.63. The first kappa shape index (κ1) is 22.4. The molecule has 1 aromatic rings. The molecule has 0 bridgehead atoms. The molecule has 5 nitrogen and oxygen atoms in total. The smallest absolute Gasteiger partial charge is 0.264 e. The summed E-state index contributed by atoms with van der Waals surface area (Å²) >= 11 is 0. The number of hydrogen-bond donors (Lipinski definition) is 2. The third-order valence-electron chi connectivity index (χ3n) is 10.1. The maximum Gasteiger partial charge on any atom is 0.264 e. The fourth-order valence-electron chi connectivity index (χ4n) is 8.58. The van der Waals surface area contributed by atoms with Crippen LogP contribution in [-0.2, 0) is 9.53 Å². The highest BCUT2D eigenvalue weighted by Crippen LogP contribution is 2.71. The van der Waals surface area contributed by atoms with E-state index in [4.69, 9.17) is 9.47 Å². The van der Waals surface area contributed by atoms with Crippen molar-refractivity contribution < 1.29 is 28.9 Å². The molecule has 0 radical (unpaired) electrons. The van der Waals surface area contributed by atoms with Gasteiger partial charge in [-0.15, -0.1) is 0 Å². The molecule has 34 heavy (non-hydrogen) atoms. The second kappa shape index (κ2) is 7.02. The minimum atomic E-state index is -1.34. The van der Waals surface area contributed by atoms with Crippen molar-refractivity contribution in [3.8, 4) is 5.75 Å². The highest BCUT2D eigenvalue weighted by atomic mass is 19.1. The fourth-order valence-corrected chi connectivity index (χ4v) is 8.58. The van der Waals surface area contributed by atoms with E-state index >= 15 is 4.39 Å². The number of carbonyl (C=O) groups excluding carboxylic acids is 1. The summed E-state index contributed by atoms with van der Waals surface area (Å²) in [5.74, 6) is -1.27. The van der Waals surface area contributed by atoms with Crippen molar-refractivity contribution in [1.82, 2.24) is 0 Å². The molecule has 0 unspecified atom stereocenters. The lowest BCUT2D eigenvalue weighted by Crippen LogP contribution is -2.66. The van der Waals surface area contributed by atoms with Gasteiger partial charge in [-0.25, -0.2) is 4.39 Å². The molecule has 0 spiro atoms. The number of rotatable bonds is 3. The number of aliphatic hydroxyl groups excluding tert-OH is 1. The van der Waals surface area contributed by atoms with E-state index < -0.39 is 34.5 Å². The van der Waals surface area contributed by atoms with Crippen LogP contribution in [0.5, 0.6) is 5.75 Å². The van der Waals surface area contributed by atoms with E-state index in [0.717, 1.165) is 0 Å². The van der Waals surface area contributed by atoms with Crippen LogP contribution in [0, 0.1) is 34.5 Å². The molecule has 1 saturated heterocycles. The second-order valence-corrected chi connectivity index (χ2v) is 11.7. The number of hydrogen-bond acceptors (Lipinski definition) is 5. The molecule has 0 amide bonds. The van der Waals surface area contributed by atoms with Gasteiger partial charge < -0.3 is 19.7 Å². The lowest BCUT2D eigenvalue weighted by molar-refractivity contribution is -0.236. The maximum absolute atomic E-state index is 15.6. The Morgan fingerprint density at radius 1 is 1.18 bits per heavy atom. The summed E-state index contributed by atoms with van der Waals surface area (Å²) in [7, 11) is 0. The molecular weight excluding hydrogens is 435 g/mol. The maximum atomic E-state index is 15.6. The highest BCUT2D eigenvalue weighted by molar-refractivity contribution is 6.01. The Labute approximate surface area is 199 Å². The standard InChI is InChI=1S/C28H33FO5/c1-16-11-20-19-13-22(29)21-12-17(30)9-10-25(21,2)24(19)23(31)14-26(20,3)28(16,32)27(15-33-27)34-18-7-5-4-6-8-18/h4-10,12,16,19-20,22-24,31-32H,11,13-15H2,1-3H3/t16-,19+,20+,22+,23+,24-,25+,26+,27-,28-/m1/s1. The summed E-state index contributed by atoms with van der Waals surface area (Å²) in [6.45, 7) is 6.27. The van der Waals surface area contributed by atoms with Crippen LogP contribution in [0.15, 0.2) is 54.1 Å². The summed E-state index contributed by atoms with van der Waals surface area (Å²) < 4.78 is 27.8. The molecule has 4 fully saturated rings. The van der Waals surface area contributed by atoms with Gasteiger partial charge in [0, 0.05) is 16.7 Å². The quantitative estimate of drug-likeness (QED) is 0.656. The van der Waals surface area contributed by atoms with Gasteiger partial charge >= 0.3 is 0 Å². The van der Waals surface area contributed by atoms with Crippen LogP contribution in [0.1, 0.15) is 40.0 Å². The summed E-state index contributed by atoms with van der Waals surface area (Å²) in [5.41, 5.74) is -2.29. The van der Waals surface area contributed by atoms with E-state index in [9.17, 15) is 15.0 Å². The van der Waals surface area contributed by atoms with Gasteiger partial charge in [0.25, 0.3) is 5.79 Å². The molecule has 10 atom stereocenters. The molecule has 5 aliphatic rings. The van der Waals surface area contributed by atoms with Crippen LogP contribution < -0.4 is 4.74 Å². The lowest BCUT2D eigenvalue weighted by Gasteiger charge is -2.60. The molecule has 1 aromatic carbocycles. The minimum Gasteiger partial charge on any atom is -0.457 e. The fraction of sp³-hybridized carbons (Fsp3) is 0.607. The normalized spacial score (nSPS) is 51.2. The summed E-state index contributed by atoms with van der Waals surface area (Å²) in [4.78, 5) is 12.0. The summed E-state index contributed by atoms with van der Waals surface area (Å²) in [5, 5.41) is 24.1. The number of alkyl halides is 1. The van der Waals surface area contributed by atoms with E-state index in [1.807, 2.05) is 51.1 Å². The monoisotopic (exact) mass is 468 g/mol. The van der Waals surface area contributed by atoms with Gasteiger partial charge in [-0.3, -0.25) is 4.79 Å². The van der Waals surface area contributed by atoms with Crippen LogP contribution in [0.25, 0.3) is 0 Å². The van der Waals surface area contributed by atoms with Crippen molar-refractivity contribution in [2.24, 2.45) is 34.5 Å². The van der Waals surface area contributed by atoms with Crippen LogP contribution in [-0.4, -0.2) is 46.3 Å². The van der Waals surface area contributed by atoms with Crippen LogP contribution >= 0.6 is 0 Å². The Morgan fingerprint density at radius 3 is 2.56 bits per heavy atom. The number of ether oxygens (including phenoxy) is 2. The molecule has 0 aromatic heterocycles. The topological polar surface area (TPSA) is 79.3 Å². The molecule has 1 aliphatic heterocycles. The van der Waals surface area contributed by atoms with Gasteiger partial charge in [0.2, 0.25) is 0 Å². The van der Waals surface area contributed by atoms with Crippen molar-refractivity contribution in [2.75, 3.05) is 6.61 Å². The number of ketones is 1. The zero-order chi connectivity index (χ0) is 24.1. The average molecular weight is 469 g/mol.